The predicted molar refractivity (Wildman–Crippen MR) is 101 cm³/mol. The molecular weight excluding hydrogens is 352 g/mol. The Balaban J connectivity index is 1.79. The predicted octanol–water partition coefficient (Wildman–Crippen LogP) is 4.66. The summed E-state index contributed by atoms with van der Waals surface area (Å²) < 4.78 is 0.467. The highest BCUT2D eigenvalue weighted by molar-refractivity contribution is 8.26. The van der Waals surface area contributed by atoms with Crippen LogP contribution in [-0.2, 0) is 4.79 Å². The van der Waals surface area contributed by atoms with E-state index in [-0.39, 0.29) is 5.91 Å². The normalized spacial score (nSPS) is 17.4. The maximum Gasteiger partial charge on any atom is 0.286 e. The highest BCUT2D eigenvalue weighted by atomic mass is 32.2. The number of thioether (sulfide) groups is 1. The van der Waals surface area contributed by atoms with Crippen LogP contribution >= 0.6 is 46.7 Å². The molecule has 0 aliphatic carbocycles. The molecular formula is C15H12N2OS4. The number of nitrogens with zero attached hydrogens (tertiary/aromatic N) is 2. The molecule has 3 nitrogen and oxygen atoms in total. The fourth-order valence-corrected chi connectivity index (χ4v) is 4.66. The first-order valence-corrected chi connectivity index (χ1v) is 9.33. The van der Waals surface area contributed by atoms with E-state index < -0.39 is 0 Å². The molecule has 0 bridgehead atoms. The van der Waals surface area contributed by atoms with Gasteiger partial charge in [0.1, 0.15) is 0 Å². The number of amides is 1. The third-order valence-corrected chi connectivity index (χ3v) is 6.04. The molecule has 7 heteroatoms. The van der Waals surface area contributed by atoms with E-state index >= 15 is 0 Å². The first-order chi connectivity index (χ1) is 10.5. The van der Waals surface area contributed by atoms with Gasteiger partial charge in [-0.1, -0.05) is 11.8 Å². The van der Waals surface area contributed by atoms with Crippen molar-refractivity contribution in [2.75, 3.05) is 0 Å². The average molecular weight is 365 g/mol. The topological polar surface area (TPSA) is 32.7 Å². The number of carbonyl (C=O) groups is 1. The van der Waals surface area contributed by atoms with Gasteiger partial charge >= 0.3 is 0 Å². The van der Waals surface area contributed by atoms with Gasteiger partial charge in [-0.15, -0.1) is 22.7 Å². The van der Waals surface area contributed by atoms with Gasteiger partial charge in [-0.25, -0.2) is 0 Å². The molecule has 1 fully saturated rings. The van der Waals surface area contributed by atoms with Crippen molar-refractivity contribution in [2.24, 2.45) is 5.10 Å². The Hall–Kier alpha value is -1.28. The summed E-state index contributed by atoms with van der Waals surface area (Å²) >= 11 is 9.83. The molecule has 112 valence electrons. The van der Waals surface area contributed by atoms with Crippen LogP contribution in [0.4, 0.5) is 0 Å². The van der Waals surface area contributed by atoms with Crippen molar-refractivity contribution in [1.29, 1.82) is 0 Å². The smallest absolute Gasteiger partial charge is 0.266 e. The van der Waals surface area contributed by atoms with Gasteiger partial charge in [0.15, 0.2) is 4.32 Å². The van der Waals surface area contributed by atoms with Gasteiger partial charge in [-0.3, -0.25) is 4.79 Å². The van der Waals surface area contributed by atoms with E-state index in [1.54, 1.807) is 28.9 Å². The molecule has 1 amide bonds. The van der Waals surface area contributed by atoms with Crippen molar-refractivity contribution in [1.82, 2.24) is 5.01 Å². The van der Waals surface area contributed by atoms with Gasteiger partial charge in [0.05, 0.1) is 11.1 Å². The van der Waals surface area contributed by atoms with E-state index in [2.05, 4.69) is 5.10 Å². The molecule has 0 radical (unpaired) electrons. The average Bonchev–Trinajstić information content (AvgIpc) is 3.12. The van der Waals surface area contributed by atoms with Crippen LogP contribution in [0.1, 0.15) is 19.5 Å². The molecule has 1 aliphatic rings. The molecule has 3 heterocycles. The summed E-state index contributed by atoms with van der Waals surface area (Å²) in [5.41, 5.74) is 0. The Morgan fingerprint density at radius 3 is 2.32 bits per heavy atom. The Kier molecular flexibility index (Phi) is 4.58. The summed E-state index contributed by atoms with van der Waals surface area (Å²) in [5, 5.41) is 5.53. The molecule has 3 rings (SSSR count). The van der Waals surface area contributed by atoms with Crippen molar-refractivity contribution in [3.8, 4) is 0 Å². The molecule has 0 aromatic carbocycles. The molecule has 2 aromatic heterocycles. The summed E-state index contributed by atoms with van der Waals surface area (Å²) in [6.45, 7) is 4.08. The van der Waals surface area contributed by atoms with Crippen molar-refractivity contribution in [2.45, 2.75) is 13.8 Å². The lowest BCUT2D eigenvalue weighted by atomic mass is 10.4. The number of aryl methyl sites for hydroxylation is 2. The summed E-state index contributed by atoms with van der Waals surface area (Å²) in [5.74, 6) is -0.161. The largest absolute Gasteiger partial charge is 0.286 e. The summed E-state index contributed by atoms with van der Waals surface area (Å²) in [7, 11) is 0. The summed E-state index contributed by atoms with van der Waals surface area (Å²) in [6, 6.07) is 8.04. The van der Waals surface area contributed by atoms with Crippen LogP contribution in [0.3, 0.4) is 0 Å². The zero-order valence-corrected chi connectivity index (χ0v) is 15.2. The standard InChI is InChI=1S/C15H12N2OS4/c1-9-3-5-11(20-9)7-13-14(18)17(15(19)22-13)16-8-12-6-4-10(2)21-12/h3-8H,1-2H3/b13-7-,16-8-. The molecule has 0 N–H and O–H groups in total. The van der Waals surface area contributed by atoms with Crippen LogP contribution in [0, 0.1) is 13.8 Å². The highest BCUT2D eigenvalue weighted by Gasteiger charge is 2.32. The first-order valence-electron chi connectivity index (χ1n) is 6.48. The minimum Gasteiger partial charge on any atom is -0.266 e. The Labute approximate surface area is 146 Å². The van der Waals surface area contributed by atoms with Gasteiger partial charge in [0.25, 0.3) is 5.91 Å². The van der Waals surface area contributed by atoms with Crippen molar-refractivity contribution >= 4 is 69.2 Å². The van der Waals surface area contributed by atoms with Crippen LogP contribution in [0.5, 0.6) is 0 Å². The quantitative estimate of drug-likeness (QED) is 0.451. The molecule has 0 saturated carbocycles. The van der Waals surface area contributed by atoms with E-state index in [1.807, 2.05) is 44.2 Å². The van der Waals surface area contributed by atoms with Crippen LogP contribution < -0.4 is 0 Å². The maximum absolute atomic E-state index is 12.4. The number of thiocarbonyl (C=S) groups is 1. The molecule has 2 aromatic rings. The minimum atomic E-state index is -0.161. The third kappa shape index (κ3) is 3.38. The highest BCUT2D eigenvalue weighted by Crippen LogP contribution is 2.34. The minimum absolute atomic E-state index is 0.161. The second kappa shape index (κ2) is 6.45. The second-order valence-corrected chi connectivity index (χ2v) is 8.95. The lowest BCUT2D eigenvalue weighted by molar-refractivity contribution is -0.122. The summed E-state index contributed by atoms with van der Waals surface area (Å²) in [4.78, 5) is 17.5. The van der Waals surface area contributed by atoms with Gasteiger partial charge in [0, 0.05) is 19.5 Å². The summed E-state index contributed by atoms with van der Waals surface area (Å²) in [6.07, 6.45) is 3.56. The van der Waals surface area contributed by atoms with Crippen molar-refractivity contribution in [3.63, 3.8) is 0 Å². The fraction of sp³-hybridized carbons (Fsp3) is 0.133. The zero-order chi connectivity index (χ0) is 15.7. The molecule has 1 aliphatic heterocycles. The number of rotatable bonds is 3. The lowest BCUT2D eigenvalue weighted by Crippen LogP contribution is -2.21. The Bertz CT molecular complexity index is 800. The fourth-order valence-electron chi connectivity index (χ4n) is 1.86. The van der Waals surface area contributed by atoms with E-state index in [0.29, 0.717) is 9.23 Å². The van der Waals surface area contributed by atoms with Crippen LogP contribution in [0.15, 0.2) is 34.3 Å². The molecule has 0 atom stereocenters. The van der Waals surface area contributed by atoms with Crippen LogP contribution in [-0.4, -0.2) is 21.5 Å². The van der Waals surface area contributed by atoms with E-state index in [0.717, 1.165) is 9.75 Å². The maximum atomic E-state index is 12.4. The van der Waals surface area contributed by atoms with Gasteiger partial charge in [-0.2, -0.15) is 10.1 Å². The SMILES string of the molecule is Cc1ccc(/C=N\N2C(=O)/C(=C/c3ccc(C)s3)SC2=S)s1. The number of carbonyl (C=O) groups excluding carboxylic acids is 1. The third-order valence-electron chi connectivity index (χ3n) is 2.87. The van der Waals surface area contributed by atoms with E-state index in [9.17, 15) is 4.79 Å². The lowest BCUT2D eigenvalue weighted by Gasteiger charge is -2.05. The monoisotopic (exact) mass is 364 g/mol. The number of hydrogen-bond donors (Lipinski definition) is 0. The first kappa shape index (κ1) is 15.6. The Morgan fingerprint density at radius 1 is 1.09 bits per heavy atom. The van der Waals surface area contributed by atoms with Crippen LogP contribution in [0.25, 0.3) is 6.08 Å². The Morgan fingerprint density at radius 2 is 1.73 bits per heavy atom. The zero-order valence-electron chi connectivity index (χ0n) is 11.9. The van der Waals surface area contributed by atoms with Gasteiger partial charge < -0.3 is 0 Å². The van der Waals surface area contributed by atoms with E-state index in [1.165, 1.54) is 26.5 Å². The number of hydrazone groups is 1. The molecule has 0 unspecified atom stereocenters. The van der Waals surface area contributed by atoms with Gasteiger partial charge in [-0.05, 0) is 56.4 Å². The molecule has 0 spiro atoms. The van der Waals surface area contributed by atoms with Crippen molar-refractivity contribution in [3.05, 3.63) is 48.7 Å². The number of thiophene rings is 2. The second-order valence-electron chi connectivity index (χ2n) is 4.63. The van der Waals surface area contributed by atoms with Crippen molar-refractivity contribution < 1.29 is 4.79 Å². The van der Waals surface area contributed by atoms with Gasteiger partial charge in [0.2, 0.25) is 0 Å². The van der Waals surface area contributed by atoms with E-state index in [4.69, 9.17) is 12.2 Å². The molecule has 1 saturated heterocycles. The molecule has 22 heavy (non-hydrogen) atoms. The number of hydrogen-bond acceptors (Lipinski definition) is 6. The van der Waals surface area contributed by atoms with Crippen LogP contribution in [0.2, 0.25) is 0 Å².